The number of hydrogen-bond acceptors (Lipinski definition) is 3. The first-order chi connectivity index (χ1) is 7.52. The minimum Gasteiger partial charge on any atom is -0.322 e. The third-order valence-electron chi connectivity index (χ3n) is 2.29. The van der Waals surface area contributed by atoms with Crippen LogP contribution in [0.2, 0.25) is 0 Å². The molecule has 90 valence electrons. The number of hydrogen-bond donors (Lipinski definition) is 2. The van der Waals surface area contributed by atoms with Gasteiger partial charge in [-0.15, -0.1) is 0 Å². The quantitative estimate of drug-likeness (QED) is 0.789. The van der Waals surface area contributed by atoms with Gasteiger partial charge >= 0.3 is 0 Å². The van der Waals surface area contributed by atoms with Crippen molar-refractivity contribution >= 4 is 11.6 Å². The fourth-order valence-electron chi connectivity index (χ4n) is 1.45. The summed E-state index contributed by atoms with van der Waals surface area (Å²) in [5, 5.41) is 6.82. The van der Waals surface area contributed by atoms with Crippen molar-refractivity contribution in [2.24, 2.45) is 11.7 Å². The summed E-state index contributed by atoms with van der Waals surface area (Å²) >= 11 is 0. The topological polar surface area (TPSA) is 72.9 Å². The molecule has 5 nitrogen and oxygen atoms in total. The van der Waals surface area contributed by atoms with Crippen molar-refractivity contribution in [2.45, 2.75) is 39.8 Å². The molecule has 1 unspecified atom stereocenters. The van der Waals surface area contributed by atoms with Crippen molar-refractivity contribution in [1.82, 2.24) is 9.78 Å². The summed E-state index contributed by atoms with van der Waals surface area (Å²) in [6.45, 7) is 6.86. The first kappa shape index (κ1) is 12.7. The van der Waals surface area contributed by atoms with E-state index in [0.29, 0.717) is 18.0 Å². The summed E-state index contributed by atoms with van der Waals surface area (Å²) < 4.78 is 1.75. The molecule has 1 atom stereocenters. The lowest BCUT2D eigenvalue weighted by Gasteiger charge is -2.12. The highest BCUT2D eigenvalue weighted by atomic mass is 16.2. The number of aromatic nitrogens is 2. The molecule has 1 amide bonds. The maximum atomic E-state index is 11.7. The molecule has 1 aromatic rings. The van der Waals surface area contributed by atoms with Crippen LogP contribution in [0, 0.1) is 5.92 Å². The third-order valence-corrected chi connectivity index (χ3v) is 2.29. The summed E-state index contributed by atoms with van der Waals surface area (Å²) in [6, 6.07) is -0.454. The van der Waals surface area contributed by atoms with Crippen LogP contribution >= 0.6 is 0 Å². The van der Waals surface area contributed by atoms with Crippen LogP contribution in [0.3, 0.4) is 0 Å². The first-order valence-corrected chi connectivity index (χ1v) is 5.61. The first-order valence-electron chi connectivity index (χ1n) is 5.61. The maximum absolute atomic E-state index is 11.7. The molecule has 0 saturated carbocycles. The van der Waals surface area contributed by atoms with Crippen LogP contribution in [0.4, 0.5) is 5.69 Å². The summed E-state index contributed by atoms with van der Waals surface area (Å²) in [5.74, 6) is 0.267. The number of rotatable bonds is 5. The number of carbonyl (C=O) groups is 1. The van der Waals surface area contributed by atoms with E-state index in [9.17, 15) is 4.79 Å². The monoisotopic (exact) mass is 224 g/mol. The van der Waals surface area contributed by atoms with E-state index >= 15 is 0 Å². The lowest BCUT2D eigenvalue weighted by molar-refractivity contribution is -0.117. The zero-order valence-electron chi connectivity index (χ0n) is 10.1. The molecule has 1 rings (SSSR count). The van der Waals surface area contributed by atoms with E-state index < -0.39 is 6.04 Å². The van der Waals surface area contributed by atoms with E-state index in [4.69, 9.17) is 5.73 Å². The number of amides is 1. The zero-order valence-corrected chi connectivity index (χ0v) is 10.1. The maximum Gasteiger partial charge on any atom is 0.241 e. The molecule has 0 radical (unpaired) electrons. The predicted octanol–water partition coefficient (Wildman–Crippen LogP) is 1.21. The van der Waals surface area contributed by atoms with Gasteiger partial charge in [-0.25, -0.2) is 0 Å². The van der Waals surface area contributed by atoms with Crippen LogP contribution in [0.5, 0.6) is 0 Å². The summed E-state index contributed by atoms with van der Waals surface area (Å²) in [5.41, 5.74) is 6.47. The highest BCUT2D eigenvalue weighted by Gasteiger charge is 2.15. The fraction of sp³-hybridized carbons (Fsp3) is 0.636. The predicted molar refractivity (Wildman–Crippen MR) is 64.0 cm³/mol. The van der Waals surface area contributed by atoms with Crippen molar-refractivity contribution in [3.05, 3.63) is 12.4 Å². The molecule has 3 N–H and O–H groups in total. The Morgan fingerprint density at radius 1 is 1.62 bits per heavy atom. The smallest absolute Gasteiger partial charge is 0.241 e. The van der Waals surface area contributed by atoms with E-state index in [1.807, 2.05) is 20.8 Å². The summed E-state index contributed by atoms with van der Waals surface area (Å²) in [4.78, 5) is 11.7. The van der Waals surface area contributed by atoms with Crippen molar-refractivity contribution < 1.29 is 4.79 Å². The fourth-order valence-corrected chi connectivity index (χ4v) is 1.45. The summed E-state index contributed by atoms with van der Waals surface area (Å²) in [7, 11) is 0. The SMILES string of the molecule is CCn1cc(NC(=O)C(N)CC(C)C)cn1. The van der Waals surface area contributed by atoms with Crippen LogP contribution < -0.4 is 11.1 Å². The van der Waals surface area contributed by atoms with Gasteiger partial charge in [0.2, 0.25) is 5.91 Å². The Labute approximate surface area is 96.0 Å². The lowest BCUT2D eigenvalue weighted by atomic mass is 10.0. The van der Waals surface area contributed by atoms with Crippen LogP contribution in [0.15, 0.2) is 12.4 Å². The molecule has 0 saturated heterocycles. The van der Waals surface area contributed by atoms with Crippen LogP contribution in [0.1, 0.15) is 27.2 Å². The van der Waals surface area contributed by atoms with E-state index in [2.05, 4.69) is 10.4 Å². The Kier molecular flexibility index (Phi) is 4.49. The van der Waals surface area contributed by atoms with Gasteiger partial charge in [-0.2, -0.15) is 5.10 Å². The normalized spacial score (nSPS) is 12.8. The van der Waals surface area contributed by atoms with Crippen molar-refractivity contribution in [3.8, 4) is 0 Å². The molecule has 0 aliphatic carbocycles. The van der Waals surface area contributed by atoms with E-state index in [-0.39, 0.29) is 5.91 Å². The highest BCUT2D eigenvalue weighted by molar-refractivity contribution is 5.94. The van der Waals surface area contributed by atoms with E-state index in [1.165, 1.54) is 0 Å². The van der Waals surface area contributed by atoms with Gasteiger partial charge in [0.05, 0.1) is 17.9 Å². The number of nitrogens with one attached hydrogen (secondary N) is 1. The van der Waals surface area contributed by atoms with Crippen molar-refractivity contribution in [3.63, 3.8) is 0 Å². The molecule has 5 heteroatoms. The van der Waals surface area contributed by atoms with Gasteiger partial charge in [-0.05, 0) is 19.3 Å². The summed E-state index contributed by atoms with van der Waals surface area (Å²) in [6.07, 6.45) is 4.11. The van der Waals surface area contributed by atoms with Gasteiger partial charge in [-0.1, -0.05) is 13.8 Å². The van der Waals surface area contributed by atoms with Gasteiger partial charge in [0, 0.05) is 12.7 Å². The number of nitrogens with two attached hydrogens (primary N) is 1. The molecule has 16 heavy (non-hydrogen) atoms. The van der Waals surface area contributed by atoms with Crippen LogP contribution in [-0.4, -0.2) is 21.7 Å². The molecular formula is C11H20N4O. The van der Waals surface area contributed by atoms with Gasteiger partial charge in [-0.3, -0.25) is 9.48 Å². The number of aryl methyl sites for hydroxylation is 1. The number of anilines is 1. The Morgan fingerprint density at radius 2 is 2.31 bits per heavy atom. The minimum absolute atomic E-state index is 0.149. The molecule has 0 aliphatic rings. The zero-order chi connectivity index (χ0) is 12.1. The average Bonchev–Trinajstić information content (AvgIpc) is 2.64. The Bertz CT molecular complexity index is 346. The molecule has 0 fully saturated rings. The second-order valence-corrected chi connectivity index (χ2v) is 4.31. The van der Waals surface area contributed by atoms with E-state index in [0.717, 1.165) is 6.54 Å². The largest absolute Gasteiger partial charge is 0.322 e. The molecule has 1 heterocycles. The molecule has 0 aliphatic heterocycles. The Morgan fingerprint density at radius 3 is 2.81 bits per heavy atom. The standard InChI is InChI=1S/C11H20N4O/c1-4-15-7-9(6-13-15)14-11(16)10(12)5-8(2)3/h6-8,10H,4-5,12H2,1-3H3,(H,14,16). The highest BCUT2D eigenvalue weighted by Crippen LogP contribution is 2.08. The Hall–Kier alpha value is -1.36. The van der Waals surface area contributed by atoms with Crippen LogP contribution in [0.25, 0.3) is 0 Å². The molecule has 0 bridgehead atoms. The molecule has 0 aromatic carbocycles. The third kappa shape index (κ3) is 3.66. The van der Waals surface area contributed by atoms with Crippen molar-refractivity contribution in [2.75, 3.05) is 5.32 Å². The second-order valence-electron chi connectivity index (χ2n) is 4.31. The molecular weight excluding hydrogens is 204 g/mol. The average molecular weight is 224 g/mol. The molecule has 0 spiro atoms. The Balaban J connectivity index is 2.50. The second kappa shape index (κ2) is 5.65. The van der Waals surface area contributed by atoms with Crippen molar-refractivity contribution in [1.29, 1.82) is 0 Å². The number of nitrogens with zero attached hydrogens (tertiary/aromatic N) is 2. The van der Waals surface area contributed by atoms with Crippen LogP contribution in [-0.2, 0) is 11.3 Å². The van der Waals surface area contributed by atoms with Gasteiger partial charge in [0.1, 0.15) is 0 Å². The van der Waals surface area contributed by atoms with Gasteiger partial charge in [0.15, 0.2) is 0 Å². The number of carbonyl (C=O) groups excluding carboxylic acids is 1. The molecule has 1 aromatic heterocycles. The van der Waals surface area contributed by atoms with Gasteiger partial charge < -0.3 is 11.1 Å². The lowest BCUT2D eigenvalue weighted by Crippen LogP contribution is -2.36. The van der Waals surface area contributed by atoms with E-state index in [1.54, 1.807) is 17.1 Å². The van der Waals surface area contributed by atoms with Gasteiger partial charge in [0.25, 0.3) is 0 Å². The minimum atomic E-state index is -0.454.